The first-order valence-electron chi connectivity index (χ1n) is 10.2. The summed E-state index contributed by atoms with van der Waals surface area (Å²) in [6.07, 6.45) is 2.74. The van der Waals surface area contributed by atoms with Crippen molar-refractivity contribution in [2.24, 2.45) is 0 Å². The molecule has 0 spiro atoms. The Hall–Kier alpha value is -2.60. The molecule has 2 unspecified atom stereocenters. The zero-order chi connectivity index (χ0) is 19.5. The molecule has 6 heteroatoms. The summed E-state index contributed by atoms with van der Waals surface area (Å²) < 4.78 is 0. The topological polar surface area (TPSA) is 60.5 Å². The summed E-state index contributed by atoms with van der Waals surface area (Å²) >= 11 is 0. The van der Waals surface area contributed by atoms with Crippen LogP contribution in [0.3, 0.4) is 0 Å². The number of amides is 2. The van der Waals surface area contributed by atoms with Crippen molar-refractivity contribution in [3.05, 3.63) is 54.2 Å². The van der Waals surface area contributed by atoms with Crippen LogP contribution in [0.5, 0.6) is 0 Å². The minimum Gasteiger partial charge on any atom is -0.354 e. The lowest BCUT2D eigenvalue weighted by molar-refractivity contribution is 0.209. The van der Waals surface area contributed by atoms with Crippen LogP contribution in [0.4, 0.5) is 16.3 Å². The molecule has 2 N–H and O–H groups in total. The van der Waals surface area contributed by atoms with Crippen LogP contribution in [0.2, 0.25) is 0 Å². The van der Waals surface area contributed by atoms with E-state index < -0.39 is 0 Å². The van der Waals surface area contributed by atoms with Crippen molar-refractivity contribution in [1.82, 2.24) is 15.2 Å². The molecule has 2 aliphatic rings. The second-order valence-corrected chi connectivity index (χ2v) is 7.98. The van der Waals surface area contributed by atoms with Gasteiger partial charge in [-0.15, -0.1) is 0 Å². The minimum absolute atomic E-state index is 0.163. The predicted octanol–water partition coefficient (Wildman–Crippen LogP) is 3.29. The van der Waals surface area contributed by atoms with Gasteiger partial charge in [-0.25, -0.2) is 9.78 Å². The van der Waals surface area contributed by atoms with Crippen molar-refractivity contribution in [2.75, 3.05) is 36.4 Å². The summed E-state index contributed by atoms with van der Waals surface area (Å²) in [4.78, 5) is 21.6. The van der Waals surface area contributed by atoms with Crippen molar-refractivity contribution >= 4 is 17.5 Å². The summed E-state index contributed by atoms with van der Waals surface area (Å²) in [6.45, 7) is 8.58. The fourth-order valence-corrected chi connectivity index (χ4v) is 3.87. The van der Waals surface area contributed by atoms with Gasteiger partial charge in [-0.3, -0.25) is 4.90 Å². The van der Waals surface area contributed by atoms with E-state index in [2.05, 4.69) is 51.4 Å². The molecule has 1 saturated carbocycles. The Morgan fingerprint density at radius 1 is 1.07 bits per heavy atom. The Morgan fingerprint density at radius 2 is 1.82 bits per heavy atom. The SMILES string of the molecule is CC(C)N1CCN(c2ccc(NC(=O)NC3CC3c3ccccc3)cn2)CC1. The molecule has 2 heterocycles. The van der Waals surface area contributed by atoms with Crippen molar-refractivity contribution in [3.63, 3.8) is 0 Å². The lowest BCUT2D eigenvalue weighted by atomic mass is 10.1. The van der Waals surface area contributed by atoms with E-state index in [4.69, 9.17) is 0 Å². The number of rotatable bonds is 5. The number of nitrogens with one attached hydrogen (secondary N) is 2. The molecule has 0 bridgehead atoms. The van der Waals surface area contributed by atoms with E-state index in [0.717, 1.165) is 44.1 Å². The second kappa shape index (κ2) is 8.19. The highest BCUT2D eigenvalue weighted by atomic mass is 16.2. The predicted molar refractivity (Wildman–Crippen MR) is 113 cm³/mol. The molecule has 1 saturated heterocycles. The number of pyridine rings is 1. The van der Waals surface area contributed by atoms with Crippen molar-refractivity contribution in [1.29, 1.82) is 0 Å². The smallest absolute Gasteiger partial charge is 0.319 e. The first-order chi connectivity index (χ1) is 13.6. The van der Waals surface area contributed by atoms with Crippen molar-refractivity contribution in [3.8, 4) is 0 Å². The first-order valence-corrected chi connectivity index (χ1v) is 10.2. The van der Waals surface area contributed by atoms with Gasteiger partial charge in [0, 0.05) is 44.2 Å². The molecule has 1 aliphatic heterocycles. The van der Waals surface area contributed by atoms with Gasteiger partial charge in [-0.05, 0) is 38.0 Å². The van der Waals surface area contributed by atoms with Gasteiger partial charge in [0.15, 0.2) is 0 Å². The highest BCUT2D eigenvalue weighted by Crippen LogP contribution is 2.40. The number of carbonyl (C=O) groups excluding carboxylic acids is 1. The lowest BCUT2D eigenvalue weighted by Gasteiger charge is -2.37. The van der Waals surface area contributed by atoms with Crippen LogP contribution in [-0.4, -0.2) is 54.2 Å². The maximum Gasteiger partial charge on any atom is 0.319 e. The van der Waals surface area contributed by atoms with E-state index in [0.29, 0.717) is 12.0 Å². The van der Waals surface area contributed by atoms with E-state index in [1.165, 1.54) is 5.56 Å². The Balaban J connectivity index is 1.25. The summed E-state index contributed by atoms with van der Waals surface area (Å²) in [5.74, 6) is 1.40. The molecule has 148 valence electrons. The van der Waals surface area contributed by atoms with Crippen molar-refractivity contribution in [2.45, 2.75) is 38.3 Å². The van der Waals surface area contributed by atoms with Gasteiger partial charge in [-0.2, -0.15) is 0 Å². The lowest BCUT2D eigenvalue weighted by Crippen LogP contribution is -2.49. The van der Waals surface area contributed by atoms with E-state index in [9.17, 15) is 4.79 Å². The fourth-order valence-electron chi connectivity index (χ4n) is 3.87. The zero-order valence-electron chi connectivity index (χ0n) is 16.6. The van der Waals surface area contributed by atoms with Crippen LogP contribution in [0, 0.1) is 0 Å². The van der Waals surface area contributed by atoms with Crippen LogP contribution in [0.15, 0.2) is 48.7 Å². The molecule has 2 amide bonds. The van der Waals surface area contributed by atoms with E-state index >= 15 is 0 Å². The van der Waals surface area contributed by atoms with Gasteiger partial charge in [0.1, 0.15) is 5.82 Å². The Labute approximate surface area is 166 Å². The largest absolute Gasteiger partial charge is 0.354 e. The molecule has 2 fully saturated rings. The highest BCUT2D eigenvalue weighted by molar-refractivity contribution is 5.89. The second-order valence-electron chi connectivity index (χ2n) is 7.98. The summed E-state index contributed by atoms with van der Waals surface area (Å²) in [7, 11) is 0. The Bertz CT molecular complexity index is 784. The van der Waals surface area contributed by atoms with Gasteiger partial charge in [0.2, 0.25) is 0 Å². The summed E-state index contributed by atoms with van der Waals surface area (Å²) in [5, 5.41) is 5.95. The average Bonchev–Trinajstić information content (AvgIpc) is 3.48. The van der Waals surface area contributed by atoms with Crippen molar-refractivity contribution < 1.29 is 4.79 Å². The number of anilines is 2. The molecule has 1 aliphatic carbocycles. The number of hydrogen-bond donors (Lipinski definition) is 2. The number of carbonyl (C=O) groups is 1. The maximum absolute atomic E-state index is 12.3. The van der Waals surface area contributed by atoms with Crippen LogP contribution in [0.1, 0.15) is 31.7 Å². The number of hydrogen-bond acceptors (Lipinski definition) is 4. The standard InChI is InChI=1S/C22H29N5O/c1-16(2)26-10-12-27(13-11-26)21-9-8-18(15-23-21)24-22(28)25-20-14-19(20)17-6-4-3-5-7-17/h3-9,15-16,19-20H,10-14H2,1-2H3,(H2,24,25,28). The molecule has 4 rings (SSSR count). The Morgan fingerprint density at radius 3 is 2.46 bits per heavy atom. The van der Waals surface area contributed by atoms with Gasteiger partial charge in [-0.1, -0.05) is 30.3 Å². The summed E-state index contributed by atoms with van der Waals surface area (Å²) in [5.41, 5.74) is 2.01. The van der Waals surface area contributed by atoms with Crippen LogP contribution < -0.4 is 15.5 Å². The molecule has 2 aromatic rings. The van der Waals surface area contributed by atoms with Gasteiger partial charge in [0.25, 0.3) is 0 Å². The van der Waals surface area contributed by atoms with Crippen LogP contribution in [0.25, 0.3) is 0 Å². The summed E-state index contributed by atoms with van der Waals surface area (Å²) in [6, 6.07) is 14.9. The molecule has 28 heavy (non-hydrogen) atoms. The number of urea groups is 1. The van der Waals surface area contributed by atoms with E-state index in [-0.39, 0.29) is 12.1 Å². The van der Waals surface area contributed by atoms with Crippen LogP contribution >= 0.6 is 0 Å². The third kappa shape index (κ3) is 4.44. The van der Waals surface area contributed by atoms with E-state index in [1.54, 1.807) is 6.20 Å². The molecular formula is C22H29N5O. The van der Waals surface area contributed by atoms with E-state index in [1.807, 2.05) is 30.3 Å². The minimum atomic E-state index is -0.163. The Kier molecular flexibility index (Phi) is 5.48. The molecule has 6 nitrogen and oxygen atoms in total. The number of nitrogens with zero attached hydrogens (tertiary/aromatic N) is 3. The van der Waals surface area contributed by atoms with Gasteiger partial charge < -0.3 is 15.5 Å². The van der Waals surface area contributed by atoms with Gasteiger partial charge in [0.05, 0.1) is 11.9 Å². The first kappa shape index (κ1) is 18.7. The van der Waals surface area contributed by atoms with Gasteiger partial charge >= 0.3 is 6.03 Å². The fraction of sp³-hybridized carbons (Fsp3) is 0.455. The highest BCUT2D eigenvalue weighted by Gasteiger charge is 2.39. The monoisotopic (exact) mass is 379 g/mol. The molecule has 1 aromatic heterocycles. The number of benzene rings is 1. The normalized spacial score (nSPS) is 22.2. The number of piperazine rings is 1. The third-order valence-corrected chi connectivity index (χ3v) is 5.71. The maximum atomic E-state index is 12.3. The zero-order valence-corrected chi connectivity index (χ0v) is 16.6. The quantitative estimate of drug-likeness (QED) is 0.837. The molecule has 0 radical (unpaired) electrons. The van der Waals surface area contributed by atoms with Crippen LogP contribution in [-0.2, 0) is 0 Å². The average molecular weight is 380 g/mol. The third-order valence-electron chi connectivity index (χ3n) is 5.71. The molecule has 1 aromatic carbocycles. The molecular weight excluding hydrogens is 350 g/mol. The number of aromatic nitrogens is 1. The molecule has 2 atom stereocenters.